The number of nitrogens with two attached hydrogens (primary N) is 1. The van der Waals surface area contributed by atoms with Gasteiger partial charge in [-0.25, -0.2) is 0 Å². The van der Waals surface area contributed by atoms with Crippen LogP contribution < -0.4 is 5.73 Å². The highest BCUT2D eigenvalue weighted by Gasteiger charge is 2.28. The molecule has 3 nitrogen and oxygen atoms in total. The Morgan fingerprint density at radius 3 is 0.491 bits per heavy atom. The molecule has 0 saturated heterocycles. The molecule has 110 heavy (non-hydrogen) atoms. The van der Waals surface area contributed by atoms with Gasteiger partial charge < -0.3 is 15.9 Å². The lowest BCUT2D eigenvalue weighted by atomic mass is 9.82. The number of hydrogen-bond donors (Lipinski definition) is 3. The van der Waals surface area contributed by atoms with Crippen molar-refractivity contribution in [2.45, 2.75) is 674 Å². The van der Waals surface area contributed by atoms with Crippen molar-refractivity contribution in [1.29, 1.82) is 0 Å². The second kappa shape index (κ2) is 96.0. The summed E-state index contributed by atoms with van der Waals surface area (Å²) in [5.41, 5.74) is 6.33. The molecule has 0 aromatic rings. The summed E-state index contributed by atoms with van der Waals surface area (Å²) >= 11 is 0. The zero-order chi connectivity index (χ0) is 78.6. The second-order valence-electron chi connectivity index (χ2n) is 38.8. The van der Waals surface area contributed by atoms with E-state index in [1.165, 1.54) is 623 Å². The van der Waals surface area contributed by atoms with Crippen molar-refractivity contribution >= 4 is 0 Å². The minimum Gasteiger partial charge on any atom is -0.390 e. The first-order chi connectivity index (χ1) is 54.5. The Morgan fingerprint density at radius 2 is 0.345 bits per heavy atom. The first kappa shape index (κ1) is 108. The molecule has 0 bridgehead atoms. The largest absolute Gasteiger partial charge is 0.390 e. The molecular weight excluding hydrogens is 1330 g/mol. The fourth-order valence-corrected chi connectivity index (χ4v) is 19.4. The van der Waals surface area contributed by atoms with E-state index in [1.54, 1.807) is 0 Å². The number of hydrogen-bond acceptors (Lipinski definition) is 3. The van der Waals surface area contributed by atoms with Crippen LogP contribution in [0.25, 0.3) is 0 Å². The molecule has 0 spiro atoms. The monoisotopic (exact) mass is 1550 g/mol. The maximum atomic E-state index is 10.7. The van der Waals surface area contributed by atoms with Gasteiger partial charge in [0, 0.05) is 6.04 Å². The van der Waals surface area contributed by atoms with Crippen molar-refractivity contribution < 1.29 is 10.2 Å². The van der Waals surface area contributed by atoms with E-state index in [4.69, 9.17) is 5.73 Å². The van der Waals surface area contributed by atoms with E-state index < -0.39 is 12.2 Å². The van der Waals surface area contributed by atoms with E-state index in [0.29, 0.717) is 18.3 Å². The SMILES string of the molecule is CCCCCCCCCCCCCCCCCCCCCCCCCCCCCCCCCCCCCCCCCCCCCCCCCCCCCCCCCCCCCCCCCCCCCCCCCCCCCCCCCCCCCCCCCCCCCCC(C)C[C@H](O)[C@H](O)[C@@H](N)CC1CCCCC1. The fourth-order valence-electron chi connectivity index (χ4n) is 19.4. The lowest BCUT2D eigenvalue weighted by Gasteiger charge is -2.30. The van der Waals surface area contributed by atoms with Gasteiger partial charge in [-0.1, -0.05) is 643 Å². The van der Waals surface area contributed by atoms with Crippen molar-refractivity contribution in [3.63, 3.8) is 0 Å². The maximum absolute atomic E-state index is 10.7. The molecule has 0 aromatic heterocycles. The molecule has 1 rings (SSSR count). The quantitative estimate of drug-likeness (QED) is 0.0532. The van der Waals surface area contributed by atoms with E-state index in [9.17, 15) is 10.2 Å². The maximum Gasteiger partial charge on any atom is 0.0949 e. The van der Waals surface area contributed by atoms with Gasteiger partial charge in [0.2, 0.25) is 0 Å². The minimum absolute atomic E-state index is 0.282. The smallest absolute Gasteiger partial charge is 0.0949 e. The molecule has 1 unspecified atom stereocenters. The van der Waals surface area contributed by atoms with Crippen LogP contribution in [0.4, 0.5) is 0 Å². The molecule has 0 aliphatic heterocycles. The Kier molecular flexibility index (Phi) is 94.2. The molecular formula is C107H215NO2. The van der Waals surface area contributed by atoms with E-state index in [0.717, 1.165) is 12.8 Å². The third-order valence-electron chi connectivity index (χ3n) is 27.4. The normalized spacial score (nSPS) is 14.0. The standard InChI is InChI=1S/C107H215NO2/c1-3-4-5-6-7-8-9-10-11-12-13-14-15-16-17-18-19-20-21-22-23-24-25-26-27-28-29-30-31-32-33-34-35-36-37-38-39-40-41-42-43-44-45-46-47-48-49-50-51-52-53-54-55-56-57-58-59-60-61-62-63-64-65-66-67-68-69-70-71-72-73-74-75-76-77-78-79-80-81-82-83-84-85-86-87-88-89-90-91-92-93-95-98-103(2)101-106(109)107(110)105(108)102-104-99-96-94-97-100-104/h103-107,109-110H,3-102,108H2,1-2H3/t103?,105-,106-,107+/m0/s1. The Morgan fingerprint density at radius 1 is 0.209 bits per heavy atom. The molecule has 4 atom stereocenters. The average molecular weight is 1550 g/mol. The third-order valence-corrected chi connectivity index (χ3v) is 27.4. The Labute approximate surface area is 697 Å². The van der Waals surface area contributed by atoms with Crippen LogP contribution in [0.2, 0.25) is 0 Å². The van der Waals surface area contributed by atoms with Gasteiger partial charge in [-0.05, 0) is 24.7 Å². The zero-order valence-corrected chi connectivity index (χ0v) is 77.1. The van der Waals surface area contributed by atoms with Crippen LogP contribution in [0, 0.1) is 11.8 Å². The highest BCUT2D eigenvalue weighted by atomic mass is 16.3. The fraction of sp³-hybridized carbons (Fsp3) is 1.00. The molecule has 0 aromatic carbocycles. The van der Waals surface area contributed by atoms with Crippen molar-refractivity contribution in [2.75, 3.05) is 0 Å². The first-order valence-corrected chi connectivity index (χ1v) is 53.7. The summed E-state index contributed by atoms with van der Waals surface area (Å²) in [6.45, 7) is 4.55. The summed E-state index contributed by atoms with van der Waals surface area (Å²) in [5.74, 6) is 1.09. The number of unbranched alkanes of at least 4 members (excludes halogenated alkanes) is 91. The van der Waals surface area contributed by atoms with Gasteiger partial charge >= 0.3 is 0 Å². The summed E-state index contributed by atoms with van der Waals surface area (Å²) < 4.78 is 0. The molecule has 1 aliphatic carbocycles. The van der Waals surface area contributed by atoms with Gasteiger partial charge in [0.15, 0.2) is 0 Å². The Balaban J connectivity index is 1.60. The predicted octanol–water partition coefficient (Wildman–Crippen LogP) is 38.3. The topological polar surface area (TPSA) is 66.5 Å². The summed E-state index contributed by atoms with van der Waals surface area (Å²) in [4.78, 5) is 0. The van der Waals surface area contributed by atoms with Crippen LogP contribution in [-0.4, -0.2) is 28.5 Å². The molecule has 0 radical (unpaired) electrons. The molecule has 660 valence electrons. The van der Waals surface area contributed by atoms with Gasteiger partial charge in [0.05, 0.1) is 12.2 Å². The van der Waals surface area contributed by atoms with Crippen LogP contribution in [0.5, 0.6) is 0 Å². The van der Waals surface area contributed by atoms with Crippen molar-refractivity contribution in [1.82, 2.24) is 0 Å². The second-order valence-corrected chi connectivity index (χ2v) is 38.8. The first-order valence-electron chi connectivity index (χ1n) is 53.7. The molecule has 1 saturated carbocycles. The average Bonchev–Trinajstić information content (AvgIpc) is 0.892. The summed E-state index contributed by atoms with van der Waals surface area (Å²) in [5, 5.41) is 21.3. The van der Waals surface area contributed by atoms with E-state index in [-0.39, 0.29) is 6.04 Å². The van der Waals surface area contributed by atoms with Gasteiger partial charge in [0.25, 0.3) is 0 Å². The van der Waals surface area contributed by atoms with E-state index >= 15 is 0 Å². The Bertz CT molecular complexity index is 1590. The van der Waals surface area contributed by atoms with Gasteiger partial charge in [0.1, 0.15) is 0 Å². The van der Waals surface area contributed by atoms with Crippen LogP contribution >= 0.6 is 0 Å². The summed E-state index contributed by atoms with van der Waals surface area (Å²) in [7, 11) is 0. The number of rotatable bonds is 99. The Hall–Kier alpha value is -0.120. The summed E-state index contributed by atoms with van der Waals surface area (Å²) in [6, 6.07) is -0.282. The predicted molar refractivity (Wildman–Crippen MR) is 500 cm³/mol. The molecule has 0 heterocycles. The lowest BCUT2D eigenvalue weighted by Crippen LogP contribution is -2.44. The van der Waals surface area contributed by atoms with Gasteiger partial charge in [-0.3, -0.25) is 0 Å². The highest BCUT2D eigenvalue weighted by Crippen LogP contribution is 2.30. The van der Waals surface area contributed by atoms with Crippen LogP contribution in [0.1, 0.15) is 656 Å². The lowest BCUT2D eigenvalue weighted by molar-refractivity contribution is -0.0135. The van der Waals surface area contributed by atoms with Crippen molar-refractivity contribution in [2.24, 2.45) is 17.6 Å². The van der Waals surface area contributed by atoms with Crippen LogP contribution in [0.3, 0.4) is 0 Å². The number of aliphatic hydroxyl groups excluding tert-OH is 2. The van der Waals surface area contributed by atoms with E-state index in [1.807, 2.05) is 0 Å². The van der Waals surface area contributed by atoms with Gasteiger partial charge in [-0.2, -0.15) is 0 Å². The zero-order valence-electron chi connectivity index (χ0n) is 77.1. The minimum atomic E-state index is -0.773. The van der Waals surface area contributed by atoms with Crippen LogP contribution in [0.15, 0.2) is 0 Å². The molecule has 1 fully saturated rings. The van der Waals surface area contributed by atoms with Gasteiger partial charge in [-0.15, -0.1) is 0 Å². The molecule has 0 amide bonds. The van der Waals surface area contributed by atoms with Crippen molar-refractivity contribution in [3.8, 4) is 0 Å². The number of aliphatic hydroxyl groups is 2. The third kappa shape index (κ3) is 88.7. The van der Waals surface area contributed by atoms with E-state index in [2.05, 4.69) is 13.8 Å². The summed E-state index contributed by atoms with van der Waals surface area (Å²) in [6.07, 6.45) is 144. The highest BCUT2D eigenvalue weighted by molar-refractivity contribution is 4.83. The molecule has 3 heteroatoms. The molecule has 4 N–H and O–H groups in total. The van der Waals surface area contributed by atoms with Crippen LogP contribution in [-0.2, 0) is 0 Å². The molecule has 1 aliphatic rings. The van der Waals surface area contributed by atoms with Crippen molar-refractivity contribution in [3.05, 3.63) is 0 Å².